The minimum Gasteiger partial charge on any atom is -0.495 e. The third-order valence-electron chi connectivity index (χ3n) is 4.92. The molecule has 0 radical (unpaired) electrons. The van der Waals surface area contributed by atoms with Gasteiger partial charge in [0.25, 0.3) is 5.91 Å². The van der Waals surface area contributed by atoms with Crippen molar-refractivity contribution in [1.29, 1.82) is 0 Å². The van der Waals surface area contributed by atoms with Crippen molar-refractivity contribution < 1.29 is 14.3 Å². The maximum Gasteiger partial charge on any atom is 0.280 e. The molecule has 0 saturated heterocycles. The van der Waals surface area contributed by atoms with Gasteiger partial charge in [-0.15, -0.1) is 0 Å². The molecule has 1 amide bonds. The van der Waals surface area contributed by atoms with Crippen LogP contribution < -0.4 is 14.4 Å². The lowest BCUT2D eigenvalue weighted by Gasteiger charge is -2.18. The summed E-state index contributed by atoms with van der Waals surface area (Å²) < 4.78 is 13.6. The summed E-state index contributed by atoms with van der Waals surface area (Å²) in [6.45, 7) is 4.88. The summed E-state index contributed by atoms with van der Waals surface area (Å²) in [6.07, 6.45) is 1.71. The average Bonchev–Trinajstić information content (AvgIpc) is 3.40. The highest BCUT2D eigenvalue weighted by Gasteiger charge is 2.26. The van der Waals surface area contributed by atoms with Crippen molar-refractivity contribution in [2.45, 2.75) is 26.9 Å². The SMILES string of the molecule is CCn1nc(C(=O)N(Cc2ccccn2)c2nc3c(OC)ccc(OC)c3s2)cc1C. The fraction of sp³-hybridized carbons (Fsp3) is 0.273. The van der Waals surface area contributed by atoms with E-state index in [1.807, 2.05) is 44.2 Å². The van der Waals surface area contributed by atoms with Gasteiger partial charge < -0.3 is 9.47 Å². The molecule has 4 rings (SSSR count). The van der Waals surface area contributed by atoms with E-state index in [1.165, 1.54) is 11.3 Å². The van der Waals surface area contributed by atoms with Gasteiger partial charge in [-0.05, 0) is 44.2 Å². The minimum absolute atomic E-state index is 0.238. The molecular weight excluding hydrogens is 414 g/mol. The summed E-state index contributed by atoms with van der Waals surface area (Å²) in [7, 11) is 3.20. The first-order chi connectivity index (χ1) is 15.0. The summed E-state index contributed by atoms with van der Waals surface area (Å²) in [5, 5.41) is 5.00. The van der Waals surface area contributed by atoms with Gasteiger partial charge in [0.15, 0.2) is 10.8 Å². The van der Waals surface area contributed by atoms with Gasteiger partial charge in [0.1, 0.15) is 21.7 Å². The van der Waals surface area contributed by atoms with Crippen LogP contribution in [0.3, 0.4) is 0 Å². The molecule has 0 saturated carbocycles. The maximum atomic E-state index is 13.5. The quantitative estimate of drug-likeness (QED) is 0.433. The molecule has 3 aromatic heterocycles. The van der Waals surface area contributed by atoms with Crippen LogP contribution in [-0.2, 0) is 13.1 Å². The molecule has 0 fully saturated rings. The molecular formula is C22H23N5O3S. The number of fused-ring (bicyclic) bond motifs is 1. The van der Waals surface area contributed by atoms with Crippen molar-refractivity contribution in [3.05, 3.63) is 59.7 Å². The largest absolute Gasteiger partial charge is 0.495 e. The fourth-order valence-corrected chi connectivity index (χ4v) is 4.41. The van der Waals surface area contributed by atoms with Gasteiger partial charge in [-0.2, -0.15) is 5.10 Å². The van der Waals surface area contributed by atoms with Crippen LogP contribution in [0.5, 0.6) is 11.5 Å². The van der Waals surface area contributed by atoms with E-state index in [1.54, 1.807) is 36.1 Å². The molecule has 0 unspecified atom stereocenters. The van der Waals surface area contributed by atoms with Gasteiger partial charge in [0.2, 0.25) is 0 Å². The van der Waals surface area contributed by atoms with Gasteiger partial charge in [-0.1, -0.05) is 17.4 Å². The van der Waals surface area contributed by atoms with Crippen LogP contribution in [0.15, 0.2) is 42.6 Å². The number of nitrogens with zero attached hydrogens (tertiary/aromatic N) is 5. The van der Waals surface area contributed by atoms with E-state index in [0.29, 0.717) is 34.4 Å². The Labute approximate surface area is 184 Å². The summed E-state index contributed by atoms with van der Waals surface area (Å²) in [5.74, 6) is 1.06. The Bertz CT molecular complexity index is 1180. The highest BCUT2D eigenvalue weighted by atomic mass is 32.1. The highest BCUT2D eigenvalue weighted by molar-refractivity contribution is 7.22. The van der Waals surface area contributed by atoms with Crippen LogP contribution in [0.1, 0.15) is 28.8 Å². The van der Waals surface area contributed by atoms with Crippen LogP contribution in [-0.4, -0.2) is 39.9 Å². The Morgan fingerprint density at radius 3 is 2.58 bits per heavy atom. The standard InChI is InChI=1S/C22H23N5O3S/c1-5-27-14(2)12-16(25-27)21(28)26(13-15-8-6-7-11-23-15)22-24-19-17(29-3)9-10-18(30-4)20(19)31-22/h6-12H,5,13H2,1-4H3. The predicted octanol–water partition coefficient (Wildman–Crippen LogP) is 4.08. The Morgan fingerprint density at radius 2 is 1.94 bits per heavy atom. The molecule has 0 aliphatic carbocycles. The topological polar surface area (TPSA) is 82.4 Å². The summed E-state index contributed by atoms with van der Waals surface area (Å²) in [4.78, 5) is 24.3. The Kier molecular flexibility index (Phi) is 5.85. The van der Waals surface area contributed by atoms with Crippen molar-refractivity contribution >= 4 is 32.6 Å². The van der Waals surface area contributed by atoms with E-state index in [4.69, 9.17) is 14.5 Å². The van der Waals surface area contributed by atoms with Crippen LogP contribution in [0.4, 0.5) is 5.13 Å². The number of rotatable bonds is 7. The molecule has 0 spiro atoms. The Balaban J connectivity index is 1.83. The second-order valence-electron chi connectivity index (χ2n) is 6.84. The fourth-order valence-electron chi connectivity index (χ4n) is 3.34. The van der Waals surface area contributed by atoms with Crippen LogP contribution in [0.2, 0.25) is 0 Å². The summed E-state index contributed by atoms with van der Waals surface area (Å²) in [6, 6.07) is 11.1. The van der Waals surface area contributed by atoms with Crippen molar-refractivity contribution in [1.82, 2.24) is 19.7 Å². The normalized spacial score (nSPS) is 11.0. The van der Waals surface area contributed by atoms with E-state index in [9.17, 15) is 4.79 Å². The maximum absolute atomic E-state index is 13.5. The number of ether oxygens (including phenoxy) is 2. The molecule has 9 heteroatoms. The third-order valence-corrected chi connectivity index (χ3v) is 6.01. The minimum atomic E-state index is -0.238. The smallest absolute Gasteiger partial charge is 0.280 e. The lowest BCUT2D eigenvalue weighted by molar-refractivity contribution is 0.0979. The number of thiazole rings is 1. The van der Waals surface area contributed by atoms with Gasteiger partial charge in [-0.3, -0.25) is 19.4 Å². The first-order valence-corrected chi connectivity index (χ1v) is 10.6. The average molecular weight is 438 g/mol. The highest BCUT2D eigenvalue weighted by Crippen LogP contribution is 2.40. The van der Waals surface area contributed by atoms with Crippen molar-refractivity contribution in [2.75, 3.05) is 19.1 Å². The van der Waals surface area contributed by atoms with E-state index in [-0.39, 0.29) is 12.5 Å². The van der Waals surface area contributed by atoms with E-state index in [2.05, 4.69) is 10.1 Å². The molecule has 1 aromatic carbocycles. The van der Waals surface area contributed by atoms with Gasteiger partial charge in [-0.25, -0.2) is 4.98 Å². The monoisotopic (exact) mass is 437 g/mol. The van der Waals surface area contributed by atoms with Crippen LogP contribution in [0, 0.1) is 6.92 Å². The van der Waals surface area contributed by atoms with Gasteiger partial charge in [0, 0.05) is 18.4 Å². The number of hydrogen-bond acceptors (Lipinski definition) is 7. The second-order valence-corrected chi connectivity index (χ2v) is 7.82. The molecule has 0 aliphatic heterocycles. The van der Waals surface area contributed by atoms with E-state index >= 15 is 0 Å². The molecule has 0 bridgehead atoms. The first kappa shape index (κ1) is 20.8. The summed E-state index contributed by atoms with van der Waals surface area (Å²) >= 11 is 1.37. The Hall–Kier alpha value is -3.46. The second kappa shape index (κ2) is 8.73. The number of carbonyl (C=O) groups is 1. The molecule has 4 aromatic rings. The zero-order chi connectivity index (χ0) is 22.0. The number of anilines is 1. The number of methoxy groups -OCH3 is 2. The molecule has 160 valence electrons. The summed E-state index contributed by atoms with van der Waals surface area (Å²) in [5.41, 5.74) is 2.70. The Morgan fingerprint density at radius 1 is 1.16 bits per heavy atom. The third kappa shape index (κ3) is 3.96. The number of amides is 1. The van der Waals surface area contributed by atoms with Crippen molar-refractivity contribution in [3.63, 3.8) is 0 Å². The number of aryl methyl sites for hydroxylation is 2. The molecule has 8 nitrogen and oxygen atoms in total. The van der Waals surface area contributed by atoms with Crippen molar-refractivity contribution in [2.24, 2.45) is 0 Å². The van der Waals surface area contributed by atoms with Crippen molar-refractivity contribution in [3.8, 4) is 11.5 Å². The lowest BCUT2D eigenvalue weighted by Crippen LogP contribution is -2.31. The number of hydrogen-bond donors (Lipinski definition) is 0. The van der Waals surface area contributed by atoms with Crippen LogP contribution >= 0.6 is 11.3 Å². The molecule has 31 heavy (non-hydrogen) atoms. The number of benzene rings is 1. The number of carbonyl (C=O) groups excluding carboxylic acids is 1. The first-order valence-electron chi connectivity index (χ1n) is 9.83. The van der Waals surface area contributed by atoms with Crippen LogP contribution in [0.25, 0.3) is 10.2 Å². The molecule has 3 heterocycles. The van der Waals surface area contributed by atoms with Gasteiger partial charge >= 0.3 is 0 Å². The molecule has 0 aliphatic rings. The molecule has 0 N–H and O–H groups in total. The zero-order valence-corrected chi connectivity index (χ0v) is 18.6. The number of pyridine rings is 1. The number of aromatic nitrogens is 4. The van der Waals surface area contributed by atoms with E-state index in [0.717, 1.165) is 16.1 Å². The van der Waals surface area contributed by atoms with E-state index < -0.39 is 0 Å². The lowest BCUT2D eigenvalue weighted by atomic mass is 10.3. The zero-order valence-electron chi connectivity index (χ0n) is 17.8. The molecule has 0 atom stereocenters. The predicted molar refractivity (Wildman–Crippen MR) is 120 cm³/mol. The van der Waals surface area contributed by atoms with Gasteiger partial charge in [0.05, 0.1) is 26.5 Å².